The van der Waals surface area contributed by atoms with Crippen molar-refractivity contribution in [1.29, 1.82) is 0 Å². The topological polar surface area (TPSA) is 51.2 Å². The van der Waals surface area contributed by atoms with Crippen LogP contribution in [0.4, 0.5) is 10.1 Å². The molecule has 7 heteroatoms. The Labute approximate surface area is 136 Å². The molecule has 23 heavy (non-hydrogen) atoms. The normalized spacial score (nSPS) is 15.6. The first-order valence-electron chi connectivity index (χ1n) is 7.68. The molecule has 2 rings (SSSR count). The van der Waals surface area contributed by atoms with E-state index in [1.54, 1.807) is 33.3 Å². The molecule has 0 atom stereocenters. The largest absolute Gasteiger partial charge is 0.366 e. The number of aliphatic imine (C=N–C) groups is 1. The second-order valence-corrected chi connectivity index (χ2v) is 5.61. The van der Waals surface area contributed by atoms with Crippen LogP contribution in [-0.4, -0.2) is 75.5 Å². The monoisotopic (exact) mass is 321 g/mol. The Morgan fingerprint density at radius 1 is 1.26 bits per heavy atom. The van der Waals surface area contributed by atoms with Crippen LogP contribution in [0, 0.1) is 5.82 Å². The molecule has 0 radical (unpaired) electrons. The molecule has 1 fully saturated rings. The number of benzene rings is 1. The molecule has 0 unspecified atom stereocenters. The van der Waals surface area contributed by atoms with Crippen molar-refractivity contribution in [3.63, 3.8) is 0 Å². The summed E-state index contributed by atoms with van der Waals surface area (Å²) in [4.78, 5) is 21.5. The van der Waals surface area contributed by atoms with Crippen molar-refractivity contribution in [1.82, 2.24) is 15.1 Å². The van der Waals surface area contributed by atoms with Gasteiger partial charge in [0.2, 0.25) is 5.91 Å². The van der Waals surface area contributed by atoms with E-state index in [1.165, 1.54) is 11.0 Å². The number of hydrogen-bond donors (Lipinski definition) is 1. The summed E-state index contributed by atoms with van der Waals surface area (Å²) >= 11 is 0. The number of rotatable bonds is 3. The molecule has 0 bridgehead atoms. The number of carbonyl (C=O) groups excluding carboxylic acids is 1. The third kappa shape index (κ3) is 4.34. The lowest BCUT2D eigenvalue weighted by molar-refractivity contribution is -0.127. The second-order valence-electron chi connectivity index (χ2n) is 5.61. The van der Waals surface area contributed by atoms with Crippen molar-refractivity contribution in [2.45, 2.75) is 0 Å². The van der Waals surface area contributed by atoms with Gasteiger partial charge in [0.1, 0.15) is 5.82 Å². The molecule has 1 heterocycles. The van der Waals surface area contributed by atoms with E-state index in [4.69, 9.17) is 0 Å². The predicted octanol–water partition coefficient (Wildman–Crippen LogP) is 0.611. The summed E-state index contributed by atoms with van der Waals surface area (Å²) in [6.07, 6.45) is 0. The summed E-state index contributed by atoms with van der Waals surface area (Å²) in [6, 6.07) is 6.82. The van der Waals surface area contributed by atoms with Crippen LogP contribution < -0.4 is 10.2 Å². The van der Waals surface area contributed by atoms with Gasteiger partial charge in [-0.1, -0.05) is 12.1 Å². The molecule has 1 N–H and O–H groups in total. The van der Waals surface area contributed by atoms with Crippen LogP contribution in [0.15, 0.2) is 29.3 Å². The molecule has 1 saturated heterocycles. The highest BCUT2D eigenvalue weighted by molar-refractivity contribution is 5.86. The van der Waals surface area contributed by atoms with Gasteiger partial charge in [-0.3, -0.25) is 9.79 Å². The lowest BCUT2D eigenvalue weighted by Crippen LogP contribution is -2.53. The van der Waals surface area contributed by atoms with Crippen molar-refractivity contribution < 1.29 is 9.18 Å². The second kappa shape index (κ2) is 7.80. The molecular weight excluding hydrogens is 297 g/mol. The molecule has 6 nitrogen and oxygen atoms in total. The average Bonchev–Trinajstić information content (AvgIpc) is 2.56. The number of carbonyl (C=O) groups is 1. The number of likely N-dealkylation sites (N-methyl/N-ethyl adjacent to an activating group) is 1. The fraction of sp³-hybridized carbons (Fsp3) is 0.500. The van der Waals surface area contributed by atoms with E-state index in [-0.39, 0.29) is 18.3 Å². The van der Waals surface area contributed by atoms with Crippen LogP contribution in [-0.2, 0) is 4.79 Å². The lowest BCUT2D eigenvalue weighted by Gasteiger charge is -2.37. The zero-order valence-corrected chi connectivity index (χ0v) is 13.9. The van der Waals surface area contributed by atoms with Gasteiger partial charge in [0.25, 0.3) is 0 Å². The molecule has 0 aliphatic carbocycles. The first-order valence-corrected chi connectivity index (χ1v) is 7.68. The summed E-state index contributed by atoms with van der Waals surface area (Å²) in [5.74, 6) is 0.504. The SMILES string of the molecule is CN=C(NCC(=O)N(C)C)N1CCN(c2ccccc2F)CC1. The van der Waals surface area contributed by atoms with Gasteiger partial charge in [0, 0.05) is 47.3 Å². The first-order chi connectivity index (χ1) is 11.0. The summed E-state index contributed by atoms with van der Waals surface area (Å²) < 4.78 is 13.8. The van der Waals surface area contributed by atoms with Crippen LogP contribution in [0.5, 0.6) is 0 Å². The molecule has 1 aromatic rings. The highest BCUT2D eigenvalue weighted by atomic mass is 19.1. The van der Waals surface area contributed by atoms with E-state index in [0.29, 0.717) is 24.7 Å². The van der Waals surface area contributed by atoms with Crippen molar-refractivity contribution in [3.8, 4) is 0 Å². The van der Waals surface area contributed by atoms with Gasteiger partial charge >= 0.3 is 0 Å². The molecule has 1 amide bonds. The number of para-hydroxylation sites is 1. The summed E-state index contributed by atoms with van der Waals surface area (Å²) in [5, 5.41) is 3.08. The minimum absolute atomic E-state index is 0.00357. The number of halogens is 1. The van der Waals surface area contributed by atoms with Gasteiger partial charge in [-0.15, -0.1) is 0 Å². The van der Waals surface area contributed by atoms with Gasteiger partial charge in [0.05, 0.1) is 12.2 Å². The van der Waals surface area contributed by atoms with Gasteiger partial charge < -0.3 is 20.0 Å². The van der Waals surface area contributed by atoms with E-state index in [0.717, 1.165) is 13.1 Å². The van der Waals surface area contributed by atoms with E-state index in [9.17, 15) is 9.18 Å². The van der Waals surface area contributed by atoms with Crippen LogP contribution in [0.1, 0.15) is 0 Å². The highest BCUT2D eigenvalue weighted by Gasteiger charge is 2.21. The Hall–Kier alpha value is -2.31. The molecule has 0 aromatic heterocycles. The quantitative estimate of drug-likeness (QED) is 0.655. The Morgan fingerprint density at radius 3 is 2.48 bits per heavy atom. The number of nitrogens with zero attached hydrogens (tertiary/aromatic N) is 4. The van der Waals surface area contributed by atoms with Crippen LogP contribution >= 0.6 is 0 Å². The van der Waals surface area contributed by atoms with E-state index < -0.39 is 0 Å². The Morgan fingerprint density at radius 2 is 1.91 bits per heavy atom. The number of hydrogen-bond acceptors (Lipinski definition) is 3. The molecule has 126 valence electrons. The third-order valence-corrected chi connectivity index (χ3v) is 3.88. The maximum Gasteiger partial charge on any atom is 0.241 e. The Kier molecular flexibility index (Phi) is 5.78. The molecule has 1 aromatic carbocycles. The minimum Gasteiger partial charge on any atom is -0.366 e. The van der Waals surface area contributed by atoms with E-state index in [2.05, 4.69) is 15.2 Å². The predicted molar refractivity (Wildman–Crippen MR) is 90.2 cm³/mol. The maximum atomic E-state index is 13.8. The van der Waals surface area contributed by atoms with Crippen LogP contribution in [0.25, 0.3) is 0 Å². The molecular formula is C16H24FN5O. The van der Waals surface area contributed by atoms with Crippen molar-refractivity contribution in [3.05, 3.63) is 30.1 Å². The highest BCUT2D eigenvalue weighted by Crippen LogP contribution is 2.20. The average molecular weight is 321 g/mol. The van der Waals surface area contributed by atoms with Gasteiger partial charge in [-0.2, -0.15) is 0 Å². The Bertz CT molecular complexity index is 567. The first kappa shape index (κ1) is 17.1. The van der Waals surface area contributed by atoms with Crippen LogP contribution in [0.3, 0.4) is 0 Å². The number of piperazine rings is 1. The molecule has 1 aliphatic rings. The van der Waals surface area contributed by atoms with Crippen molar-refractivity contribution >= 4 is 17.6 Å². The minimum atomic E-state index is -0.194. The lowest BCUT2D eigenvalue weighted by atomic mass is 10.2. The standard InChI is InChI=1S/C16H24FN5O/c1-18-16(19-12-15(23)20(2)3)22-10-8-21(9-11-22)14-7-5-4-6-13(14)17/h4-7H,8-12H2,1-3H3,(H,18,19). The smallest absolute Gasteiger partial charge is 0.241 e. The summed E-state index contributed by atoms with van der Waals surface area (Å²) in [6.45, 7) is 3.09. The number of nitrogens with one attached hydrogen (secondary N) is 1. The molecule has 1 aliphatic heterocycles. The number of guanidine groups is 1. The fourth-order valence-corrected chi connectivity index (χ4v) is 2.51. The fourth-order valence-electron chi connectivity index (χ4n) is 2.51. The third-order valence-electron chi connectivity index (χ3n) is 3.88. The van der Waals surface area contributed by atoms with Gasteiger partial charge in [-0.05, 0) is 12.1 Å². The Balaban J connectivity index is 1.90. The van der Waals surface area contributed by atoms with Crippen molar-refractivity contribution in [2.75, 3.05) is 58.8 Å². The summed E-state index contributed by atoms with van der Waals surface area (Å²) in [5.41, 5.74) is 0.637. The zero-order valence-electron chi connectivity index (χ0n) is 13.9. The zero-order chi connectivity index (χ0) is 16.8. The van der Waals surface area contributed by atoms with E-state index in [1.807, 2.05) is 11.0 Å². The number of amides is 1. The van der Waals surface area contributed by atoms with Crippen LogP contribution in [0.2, 0.25) is 0 Å². The van der Waals surface area contributed by atoms with Crippen molar-refractivity contribution in [2.24, 2.45) is 4.99 Å². The van der Waals surface area contributed by atoms with Gasteiger partial charge in [0.15, 0.2) is 5.96 Å². The summed E-state index contributed by atoms with van der Waals surface area (Å²) in [7, 11) is 5.14. The number of anilines is 1. The van der Waals surface area contributed by atoms with Gasteiger partial charge in [-0.25, -0.2) is 4.39 Å². The molecule has 0 saturated carbocycles. The van der Waals surface area contributed by atoms with E-state index >= 15 is 0 Å². The maximum absolute atomic E-state index is 13.8. The molecule has 0 spiro atoms.